The minimum Gasteiger partial charge on any atom is -0.468 e. The van der Waals surface area contributed by atoms with Crippen LogP contribution in [-0.2, 0) is 16.0 Å². The lowest BCUT2D eigenvalue weighted by Crippen LogP contribution is -2.46. The van der Waals surface area contributed by atoms with Crippen molar-refractivity contribution in [3.05, 3.63) is 18.2 Å². The Morgan fingerprint density at radius 2 is 2.42 bits per heavy atom. The van der Waals surface area contributed by atoms with E-state index >= 15 is 0 Å². The first-order valence-electron chi connectivity index (χ1n) is 7.01. The van der Waals surface area contributed by atoms with Gasteiger partial charge >= 0.3 is 5.97 Å². The SMILES string of the molecule is CCc1nccn1[C@H]1CCCN([C@@H](C)C(=O)OC)C1. The van der Waals surface area contributed by atoms with Crippen LogP contribution in [0, 0.1) is 0 Å². The van der Waals surface area contributed by atoms with Gasteiger partial charge in [-0.15, -0.1) is 0 Å². The van der Waals surface area contributed by atoms with Crippen LogP contribution in [0.25, 0.3) is 0 Å². The van der Waals surface area contributed by atoms with E-state index in [4.69, 9.17) is 4.74 Å². The smallest absolute Gasteiger partial charge is 0.322 e. The van der Waals surface area contributed by atoms with Gasteiger partial charge in [-0.2, -0.15) is 0 Å². The summed E-state index contributed by atoms with van der Waals surface area (Å²) in [6.45, 7) is 5.89. The van der Waals surface area contributed by atoms with E-state index in [2.05, 4.69) is 27.6 Å². The molecule has 106 valence electrons. The third-order valence-electron chi connectivity index (χ3n) is 3.98. The second-order valence-electron chi connectivity index (χ2n) is 5.09. The molecule has 1 fully saturated rings. The van der Waals surface area contributed by atoms with Crippen molar-refractivity contribution in [3.8, 4) is 0 Å². The highest BCUT2D eigenvalue weighted by molar-refractivity contribution is 5.75. The molecule has 0 N–H and O–H groups in total. The molecule has 1 saturated heterocycles. The molecular weight excluding hydrogens is 242 g/mol. The summed E-state index contributed by atoms with van der Waals surface area (Å²) in [6.07, 6.45) is 7.11. The Bertz CT molecular complexity index is 430. The van der Waals surface area contributed by atoms with Gasteiger partial charge in [-0.1, -0.05) is 6.92 Å². The molecule has 0 saturated carbocycles. The highest BCUT2D eigenvalue weighted by Crippen LogP contribution is 2.24. The van der Waals surface area contributed by atoms with Gasteiger partial charge in [0.15, 0.2) is 0 Å². The van der Waals surface area contributed by atoms with Crippen molar-refractivity contribution in [3.63, 3.8) is 0 Å². The topological polar surface area (TPSA) is 47.4 Å². The predicted molar refractivity (Wildman–Crippen MR) is 72.9 cm³/mol. The van der Waals surface area contributed by atoms with Gasteiger partial charge in [-0.3, -0.25) is 9.69 Å². The molecule has 1 aromatic rings. The average molecular weight is 265 g/mol. The minimum atomic E-state index is -0.165. The van der Waals surface area contributed by atoms with E-state index in [0.29, 0.717) is 6.04 Å². The number of likely N-dealkylation sites (tertiary alicyclic amines) is 1. The number of hydrogen-bond acceptors (Lipinski definition) is 4. The highest BCUT2D eigenvalue weighted by atomic mass is 16.5. The number of carbonyl (C=O) groups is 1. The van der Waals surface area contributed by atoms with Gasteiger partial charge in [0.2, 0.25) is 0 Å². The van der Waals surface area contributed by atoms with Crippen molar-refractivity contribution in [1.82, 2.24) is 14.5 Å². The van der Waals surface area contributed by atoms with Crippen LogP contribution in [0.5, 0.6) is 0 Å². The van der Waals surface area contributed by atoms with Crippen molar-refractivity contribution in [2.75, 3.05) is 20.2 Å². The Hall–Kier alpha value is -1.36. The van der Waals surface area contributed by atoms with Crippen LogP contribution < -0.4 is 0 Å². The molecule has 0 radical (unpaired) electrons. The molecule has 0 aromatic carbocycles. The first-order chi connectivity index (χ1) is 9.17. The Morgan fingerprint density at radius 3 is 3.11 bits per heavy atom. The van der Waals surface area contributed by atoms with Crippen LogP contribution in [0.1, 0.15) is 38.6 Å². The number of ether oxygens (including phenoxy) is 1. The number of methoxy groups -OCH3 is 1. The first-order valence-corrected chi connectivity index (χ1v) is 7.01. The van der Waals surface area contributed by atoms with Crippen LogP contribution in [0.15, 0.2) is 12.4 Å². The fourth-order valence-corrected chi connectivity index (χ4v) is 2.83. The van der Waals surface area contributed by atoms with E-state index in [1.165, 1.54) is 7.11 Å². The minimum absolute atomic E-state index is 0.151. The lowest BCUT2D eigenvalue weighted by Gasteiger charge is -2.36. The third kappa shape index (κ3) is 2.97. The van der Waals surface area contributed by atoms with Crippen LogP contribution in [-0.4, -0.2) is 46.7 Å². The quantitative estimate of drug-likeness (QED) is 0.777. The van der Waals surface area contributed by atoms with Crippen LogP contribution in [0.2, 0.25) is 0 Å². The standard InChI is InChI=1S/C14H23N3O2/c1-4-13-15-7-9-17(13)12-6-5-8-16(10-12)11(2)14(18)19-3/h7,9,11-12H,4-6,8,10H2,1-3H3/t11-,12-/m0/s1. The summed E-state index contributed by atoms with van der Waals surface area (Å²) < 4.78 is 7.10. The average Bonchev–Trinajstić information content (AvgIpc) is 2.94. The van der Waals surface area contributed by atoms with Gasteiger partial charge in [-0.05, 0) is 26.3 Å². The van der Waals surface area contributed by atoms with Crippen molar-refractivity contribution in [2.24, 2.45) is 0 Å². The zero-order valence-electron chi connectivity index (χ0n) is 12.0. The maximum absolute atomic E-state index is 11.6. The summed E-state index contributed by atoms with van der Waals surface area (Å²) in [5.74, 6) is 0.972. The Labute approximate surface area is 114 Å². The van der Waals surface area contributed by atoms with E-state index in [-0.39, 0.29) is 12.0 Å². The number of aryl methyl sites for hydroxylation is 1. The number of nitrogens with zero attached hydrogens (tertiary/aromatic N) is 3. The zero-order valence-corrected chi connectivity index (χ0v) is 12.0. The van der Waals surface area contributed by atoms with Crippen molar-refractivity contribution >= 4 is 5.97 Å². The van der Waals surface area contributed by atoms with E-state index < -0.39 is 0 Å². The zero-order chi connectivity index (χ0) is 13.8. The maximum Gasteiger partial charge on any atom is 0.322 e. The molecule has 1 aliphatic heterocycles. The number of imidazole rings is 1. The molecule has 2 rings (SSSR count). The largest absolute Gasteiger partial charge is 0.468 e. The highest BCUT2D eigenvalue weighted by Gasteiger charge is 2.29. The summed E-state index contributed by atoms with van der Waals surface area (Å²) in [4.78, 5) is 18.2. The summed E-state index contributed by atoms with van der Waals surface area (Å²) >= 11 is 0. The molecule has 2 atom stereocenters. The number of aromatic nitrogens is 2. The molecule has 5 nitrogen and oxygen atoms in total. The molecule has 19 heavy (non-hydrogen) atoms. The lowest BCUT2D eigenvalue weighted by atomic mass is 10.0. The number of hydrogen-bond donors (Lipinski definition) is 0. The molecule has 0 amide bonds. The van der Waals surface area contributed by atoms with Crippen LogP contribution >= 0.6 is 0 Å². The van der Waals surface area contributed by atoms with Gasteiger partial charge in [0.1, 0.15) is 11.9 Å². The molecule has 1 aliphatic rings. The van der Waals surface area contributed by atoms with E-state index in [1.54, 1.807) is 0 Å². The molecule has 2 heterocycles. The first kappa shape index (κ1) is 14.1. The number of esters is 1. The number of rotatable bonds is 4. The summed E-state index contributed by atoms with van der Waals surface area (Å²) in [5, 5.41) is 0. The summed E-state index contributed by atoms with van der Waals surface area (Å²) in [5.41, 5.74) is 0. The number of piperidine rings is 1. The predicted octanol–water partition coefficient (Wildman–Crippen LogP) is 1.64. The van der Waals surface area contributed by atoms with Crippen LogP contribution in [0.3, 0.4) is 0 Å². The Morgan fingerprint density at radius 1 is 1.63 bits per heavy atom. The monoisotopic (exact) mass is 265 g/mol. The molecule has 0 spiro atoms. The molecular formula is C14H23N3O2. The normalized spacial score (nSPS) is 22.2. The van der Waals surface area contributed by atoms with E-state index in [0.717, 1.165) is 38.2 Å². The van der Waals surface area contributed by atoms with Gasteiger partial charge in [0.05, 0.1) is 7.11 Å². The third-order valence-corrected chi connectivity index (χ3v) is 3.98. The molecule has 1 aromatic heterocycles. The molecule has 5 heteroatoms. The second kappa shape index (κ2) is 6.19. The second-order valence-corrected chi connectivity index (χ2v) is 5.09. The van der Waals surface area contributed by atoms with Crippen molar-refractivity contribution in [2.45, 2.75) is 45.2 Å². The Kier molecular flexibility index (Phi) is 4.58. The lowest BCUT2D eigenvalue weighted by molar-refractivity contribution is -0.146. The number of carbonyl (C=O) groups excluding carboxylic acids is 1. The summed E-state index contributed by atoms with van der Waals surface area (Å²) in [6, 6.07) is 0.250. The summed E-state index contributed by atoms with van der Waals surface area (Å²) in [7, 11) is 1.45. The van der Waals surface area contributed by atoms with Gasteiger partial charge < -0.3 is 9.30 Å². The van der Waals surface area contributed by atoms with Crippen LogP contribution in [0.4, 0.5) is 0 Å². The van der Waals surface area contributed by atoms with Gasteiger partial charge in [-0.25, -0.2) is 4.98 Å². The fourth-order valence-electron chi connectivity index (χ4n) is 2.83. The van der Waals surface area contributed by atoms with E-state index in [9.17, 15) is 4.79 Å². The Balaban J connectivity index is 2.07. The maximum atomic E-state index is 11.6. The molecule has 0 unspecified atom stereocenters. The van der Waals surface area contributed by atoms with Gasteiger partial charge in [0, 0.05) is 31.4 Å². The molecule has 0 bridgehead atoms. The van der Waals surface area contributed by atoms with Gasteiger partial charge in [0.25, 0.3) is 0 Å². The fraction of sp³-hybridized carbons (Fsp3) is 0.714. The van der Waals surface area contributed by atoms with E-state index in [1.807, 2.05) is 13.1 Å². The van der Waals surface area contributed by atoms with Crippen molar-refractivity contribution < 1.29 is 9.53 Å². The molecule has 0 aliphatic carbocycles. The van der Waals surface area contributed by atoms with Crippen molar-refractivity contribution in [1.29, 1.82) is 0 Å².